The van der Waals surface area contributed by atoms with Gasteiger partial charge in [-0.3, -0.25) is 4.79 Å². The molecule has 24 heavy (non-hydrogen) atoms. The number of carbonyl (C=O) groups excluding carboxylic acids is 2. The Morgan fingerprint density at radius 3 is 2.42 bits per heavy atom. The van der Waals surface area contributed by atoms with Crippen molar-refractivity contribution in [2.45, 2.75) is 37.6 Å². The van der Waals surface area contributed by atoms with Crippen molar-refractivity contribution in [1.82, 2.24) is 0 Å². The Morgan fingerprint density at radius 1 is 1.17 bits per heavy atom. The van der Waals surface area contributed by atoms with Gasteiger partial charge in [0.05, 0.1) is 5.56 Å². The standard InChI is InChI=1S/C16H20O8/c1-9(17)22-8-11-12(18)13(19)14(16(21-2)23-11)24-15(20)10-6-4-3-5-7-10/h3-7,11-14,16,18-19H,8H2,1-2H3/t11-,12-,13+,14-,16+/m1/s1. The van der Waals surface area contributed by atoms with Gasteiger partial charge in [0.15, 0.2) is 12.4 Å². The molecule has 0 aromatic heterocycles. The third-order valence-corrected chi connectivity index (χ3v) is 3.58. The lowest BCUT2D eigenvalue weighted by Crippen LogP contribution is -2.60. The third-order valence-electron chi connectivity index (χ3n) is 3.58. The van der Waals surface area contributed by atoms with E-state index in [0.29, 0.717) is 0 Å². The SMILES string of the molecule is CO[C@H]1O[C@H](COC(C)=O)[C@@H](O)[C@H](O)[C@H]1OC(=O)c1ccccc1. The van der Waals surface area contributed by atoms with E-state index in [-0.39, 0.29) is 12.2 Å². The molecule has 1 saturated heterocycles. The molecule has 132 valence electrons. The van der Waals surface area contributed by atoms with Crippen LogP contribution in [0.15, 0.2) is 30.3 Å². The Bertz CT molecular complexity index is 558. The maximum absolute atomic E-state index is 12.1. The van der Waals surface area contributed by atoms with Crippen LogP contribution in [-0.4, -0.2) is 66.6 Å². The number of hydrogen-bond donors (Lipinski definition) is 2. The first-order valence-electron chi connectivity index (χ1n) is 7.37. The van der Waals surface area contributed by atoms with Crippen molar-refractivity contribution in [3.05, 3.63) is 35.9 Å². The zero-order valence-corrected chi connectivity index (χ0v) is 13.3. The summed E-state index contributed by atoms with van der Waals surface area (Å²) in [5.41, 5.74) is 0.288. The van der Waals surface area contributed by atoms with Crippen LogP contribution in [0.2, 0.25) is 0 Å². The molecule has 1 aliphatic rings. The van der Waals surface area contributed by atoms with Crippen LogP contribution in [0, 0.1) is 0 Å². The maximum atomic E-state index is 12.1. The van der Waals surface area contributed by atoms with E-state index in [0.717, 1.165) is 0 Å². The second-order valence-electron chi connectivity index (χ2n) is 5.30. The molecule has 1 aromatic rings. The Balaban J connectivity index is 2.07. The van der Waals surface area contributed by atoms with E-state index in [9.17, 15) is 19.8 Å². The summed E-state index contributed by atoms with van der Waals surface area (Å²) in [6, 6.07) is 8.20. The number of esters is 2. The summed E-state index contributed by atoms with van der Waals surface area (Å²) < 4.78 is 20.5. The molecule has 2 rings (SSSR count). The number of benzene rings is 1. The van der Waals surface area contributed by atoms with Gasteiger partial charge in [-0.15, -0.1) is 0 Å². The van der Waals surface area contributed by atoms with Crippen molar-refractivity contribution in [3.63, 3.8) is 0 Å². The topological polar surface area (TPSA) is 112 Å². The number of hydrogen-bond acceptors (Lipinski definition) is 8. The van der Waals surface area contributed by atoms with E-state index in [1.807, 2.05) is 0 Å². The van der Waals surface area contributed by atoms with Gasteiger partial charge in [-0.2, -0.15) is 0 Å². The lowest BCUT2D eigenvalue weighted by atomic mass is 9.99. The minimum Gasteiger partial charge on any atom is -0.463 e. The summed E-state index contributed by atoms with van der Waals surface area (Å²) in [7, 11) is 1.31. The second kappa shape index (κ2) is 8.20. The molecule has 0 saturated carbocycles. The average molecular weight is 340 g/mol. The summed E-state index contributed by atoms with van der Waals surface area (Å²) in [6.07, 6.45) is -6.22. The van der Waals surface area contributed by atoms with Gasteiger partial charge in [0.25, 0.3) is 0 Å². The number of ether oxygens (including phenoxy) is 4. The van der Waals surface area contributed by atoms with Crippen LogP contribution in [0.25, 0.3) is 0 Å². The maximum Gasteiger partial charge on any atom is 0.338 e. The summed E-state index contributed by atoms with van der Waals surface area (Å²) in [4.78, 5) is 23.0. The molecule has 0 radical (unpaired) electrons. The number of carbonyl (C=O) groups is 2. The monoisotopic (exact) mass is 340 g/mol. The molecular formula is C16H20O8. The highest BCUT2D eigenvalue weighted by atomic mass is 16.7. The molecule has 8 heteroatoms. The molecular weight excluding hydrogens is 320 g/mol. The first-order valence-corrected chi connectivity index (χ1v) is 7.37. The van der Waals surface area contributed by atoms with Crippen LogP contribution in [0.3, 0.4) is 0 Å². The van der Waals surface area contributed by atoms with Crippen molar-refractivity contribution in [2.75, 3.05) is 13.7 Å². The van der Waals surface area contributed by atoms with Crippen LogP contribution >= 0.6 is 0 Å². The van der Waals surface area contributed by atoms with Crippen molar-refractivity contribution >= 4 is 11.9 Å². The van der Waals surface area contributed by atoms with Crippen LogP contribution in [0.1, 0.15) is 17.3 Å². The van der Waals surface area contributed by atoms with Gasteiger partial charge in [0.1, 0.15) is 24.9 Å². The molecule has 1 aliphatic heterocycles. The fourth-order valence-corrected chi connectivity index (χ4v) is 2.32. The Kier molecular flexibility index (Phi) is 6.27. The number of rotatable bonds is 5. The van der Waals surface area contributed by atoms with Crippen LogP contribution in [0.4, 0.5) is 0 Å². The van der Waals surface area contributed by atoms with Crippen molar-refractivity contribution < 1.29 is 38.7 Å². The summed E-state index contributed by atoms with van der Waals surface area (Å²) in [5.74, 6) is -1.23. The minimum atomic E-state index is -1.46. The fourth-order valence-electron chi connectivity index (χ4n) is 2.32. The van der Waals surface area contributed by atoms with Gasteiger partial charge >= 0.3 is 11.9 Å². The Morgan fingerprint density at radius 2 is 1.83 bits per heavy atom. The highest BCUT2D eigenvalue weighted by Crippen LogP contribution is 2.25. The van der Waals surface area contributed by atoms with E-state index < -0.39 is 42.6 Å². The predicted molar refractivity (Wildman–Crippen MR) is 80.0 cm³/mol. The van der Waals surface area contributed by atoms with Gasteiger partial charge in [-0.1, -0.05) is 18.2 Å². The van der Waals surface area contributed by atoms with Gasteiger partial charge < -0.3 is 29.2 Å². The Labute approximate surface area is 138 Å². The van der Waals surface area contributed by atoms with Gasteiger partial charge in [0.2, 0.25) is 0 Å². The summed E-state index contributed by atoms with van der Waals surface area (Å²) in [6.45, 7) is 0.955. The molecule has 0 unspecified atom stereocenters. The zero-order chi connectivity index (χ0) is 17.7. The molecule has 2 N–H and O–H groups in total. The van der Waals surface area contributed by atoms with Crippen molar-refractivity contribution in [2.24, 2.45) is 0 Å². The lowest BCUT2D eigenvalue weighted by molar-refractivity contribution is -0.294. The molecule has 8 nitrogen and oxygen atoms in total. The van der Waals surface area contributed by atoms with Crippen molar-refractivity contribution in [1.29, 1.82) is 0 Å². The summed E-state index contributed by atoms with van der Waals surface area (Å²) in [5, 5.41) is 20.3. The number of aliphatic hydroxyl groups is 2. The zero-order valence-electron chi connectivity index (χ0n) is 13.3. The van der Waals surface area contributed by atoms with Gasteiger partial charge in [0, 0.05) is 14.0 Å². The van der Waals surface area contributed by atoms with Crippen LogP contribution in [-0.2, 0) is 23.7 Å². The number of aliphatic hydroxyl groups excluding tert-OH is 2. The highest BCUT2D eigenvalue weighted by molar-refractivity contribution is 5.89. The lowest BCUT2D eigenvalue weighted by Gasteiger charge is -2.41. The average Bonchev–Trinajstić information content (AvgIpc) is 2.58. The van der Waals surface area contributed by atoms with E-state index in [1.54, 1.807) is 30.3 Å². The first-order chi connectivity index (χ1) is 11.4. The van der Waals surface area contributed by atoms with E-state index in [2.05, 4.69) is 0 Å². The molecule has 0 bridgehead atoms. The fraction of sp³-hybridized carbons (Fsp3) is 0.500. The third kappa shape index (κ3) is 4.30. The van der Waals surface area contributed by atoms with Crippen LogP contribution < -0.4 is 0 Å². The van der Waals surface area contributed by atoms with Crippen molar-refractivity contribution in [3.8, 4) is 0 Å². The number of methoxy groups -OCH3 is 1. The first kappa shape index (κ1) is 18.3. The highest BCUT2D eigenvalue weighted by Gasteiger charge is 2.47. The van der Waals surface area contributed by atoms with E-state index in [1.165, 1.54) is 14.0 Å². The smallest absolute Gasteiger partial charge is 0.338 e. The molecule has 5 atom stereocenters. The predicted octanol–water partition coefficient (Wildman–Crippen LogP) is -0.132. The normalized spacial score (nSPS) is 29.8. The quantitative estimate of drug-likeness (QED) is 0.713. The summed E-state index contributed by atoms with van der Waals surface area (Å²) >= 11 is 0. The molecule has 1 aromatic carbocycles. The second-order valence-corrected chi connectivity index (χ2v) is 5.30. The Hall–Kier alpha value is -2.00. The van der Waals surface area contributed by atoms with E-state index >= 15 is 0 Å². The molecule has 1 fully saturated rings. The molecule has 1 heterocycles. The molecule has 0 amide bonds. The van der Waals surface area contributed by atoms with Gasteiger partial charge in [-0.05, 0) is 12.1 Å². The van der Waals surface area contributed by atoms with E-state index in [4.69, 9.17) is 18.9 Å². The van der Waals surface area contributed by atoms with Gasteiger partial charge in [-0.25, -0.2) is 4.79 Å². The molecule has 0 spiro atoms. The van der Waals surface area contributed by atoms with Crippen LogP contribution in [0.5, 0.6) is 0 Å². The largest absolute Gasteiger partial charge is 0.463 e. The molecule has 0 aliphatic carbocycles. The minimum absolute atomic E-state index is 0.257.